The van der Waals surface area contributed by atoms with Crippen LogP contribution in [0.25, 0.3) is 0 Å². The first-order valence-corrected chi connectivity index (χ1v) is 7.62. The van der Waals surface area contributed by atoms with Gasteiger partial charge in [0.1, 0.15) is 10.6 Å². The first kappa shape index (κ1) is 14.0. The average molecular weight is 286 g/mol. The van der Waals surface area contributed by atoms with Crippen molar-refractivity contribution in [2.45, 2.75) is 37.1 Å². The van der Waals surface area contributed by atoms with Crippen molar-refractivity contribution in [1.82, 2.24) is 14.7 Å². The van der Waals surface area contributed by atoms with Crippen molar-refractivity contribution in [2.75, 3.05) is 6.54 Å². The van der Waals surface area contributed by atoms with Crippen molar-refractivity contribution in [2.24, 2.45) is 5.84 Å². The van der Waals surface area contributed by atoms with Crippen molar-refractivity contribution in [3.05, 3.63) is 18.0 Å². The van der Waals surface area contributed by atoms with E-state index >= 15 is 0 Å². The molecule has 1 atom stereocenters. The molecule has 0 aliphatic carbocycles. The second-order valence-electron chi connectivity index (χ2n) is 4.68. The minimum absolute atomic E-state index is 0.0135. The fourth-order valence-corrected chi connectivity index (χ4v) is 3.99. The molecule has 7 nitrogen and oxygen atoms in total. The number of aromatic amines is 1. The summed E-state index contributed by atoms with van der Waals surface area (Å²) in [5.74, 6) is 4.46. The second-order valence-corrected chi connectivity index (χ2v) is 6.57. The van der Waals surface area contributed by atoms with Gasteiger partial charge in [0, 0.05) is 18.8 Å². The molecule has 0 bridgehead atoms. The Bertz CT molecular complexity index is 566. The number of amides is 1. The molecule has 1 saturated heterocycles. The Kier molecular flexibility index (Phi) is 3.93. The van der Waals surface area contributed by atoms with Gasteiger partial charge in [-0.3, -0.25) is 10.2 Å². The van der Waals surface area contributed by atoms with Crippen LogP contribution < -0.4 is 11.3 Å². The van der Waals surface area contributed by atoms with E-state index in [-0.39, 0.29) is 16.6 Å². The quantitative estimate of drug-likeness (QED) is 0.418. The number of hydrogen-bond acceptors (Lipinski definition) is 4. The highest BCUT2D eigenvalue weighted by Crippen LogP contribution is 2.25. The number of nitrogen functional groups attached to an aromatic ring is 1. The Morgan fingerprint density at radius 1 is 1.53 bits per heavy atom. The molecular formula is C11H18N4O3S. The number of carbonyl (C=O) groups is 1. The molecule has 0 saturated carbocycles. The number of hydrazine groups is 1. The molecule has 1 unspecified atom stereocenters. The fourth-order valence-electron chi connectivity index (χ4n) is 2.30. The summed E-state index contributed by atoms with van der Waals surface area (Å²) in [7, 11) is -3.55. The van der Waals surface area contributed by atoms with Crippen molar-refractivity contribution in [3.8, 4) is 0 Å². The molecule has 0 aromatic carbocycles. The van der Waals surface area contributed by atoms with E-state index in [0.717, 1.165) is 19.3 Å². The summed E-state index contributed by atoms with van der Waals surface area (Å²) in [6.07, 6.45) is 4.09. The lowest BCUT2D eigenvalue weighted by Gasteiger charge is -2.31. The largest absolute Gasteiger partial charge is 0.356 e. The number of hydrogen-bond donors (Lipinski definition) is 3. The maximum Gasteiger partial charge on any atom is 0.281 e. The van der Waals surface area contributed by atoms with E-state index in [1.807, 2.05) is 12.3 Å². The molecule has 1 amide bonds. The molecule has 0 radical (unpaired) electrons. The zero-order valence-corrected chi connectivity index (χ0v) is 11.5. The van der Waals surface area contributed by atoms with Crippen molar-refractivity contribution in [3.63, 3.8) is 0 Å². The van der Waals surface area contributed by atoms with Crippen molar-refractivity contribution >= 4 is 15.9 Å². The minimum Gasteiger partial charge on any atom is -0.356 e. The van der Waals surface area contributed by atoms with Crippen LogP contribution in [0.1, 0.15) is 36.7 Å². The van der Waals surface area contributed by atoms with E-state index in [9.17, 15) is 13.2 Å². The molecule has 2 heterocycles. The molecule has 8 heteroatoms. The van der Waals surface area contributed by atoms with Crippen LogP contribution in [0.15, 0.2) is 17.2 Å². The SMILES string of the molecule is CC1CCCCN1S(=O)(=O)c1c[nH]c(C(=O)NN)c1. The van der Waals surface area contributed by atoms with Gasteiger partial charge in [-0.2, -0.15) is 4.31 Å². The average Bonchev–Trinajstić information content (AvgIpc) is 2.88. The topological polar surface area (TPSA) is 108 Å². The Labute approximate surface area is 112 Å². The van der Waals surface area contributed by atoms with Gasteiger partial charge in [0.05, 0.1) is 0 Å². The van der Waals surface area contributed by atoms with Crippen molar-refractivity contribution < 1.29 is 13.2 Å². The molecular weight excluding hydrogens is 268 g/mol. The zero-order valence-electron chi connectivity index (χ0n) is 10.7. The fraction of sp³-hybridized carbons (Fsp3) is 0.545. The third-order valence-electron chi connectivity index (χ3n) is 3.38. The second kappa shape index (κ2) is 5.32. The van der Waals surface area contributed by atoms with Crippen LogP contribution >= 0.6 is 0 Å². The number of piperidine rings is 1. The van der Waals surface area contributed by atoms with Crippen LogP contribution in [0.5, 0.6) is 0 Å². The van der Waals surface area contributed by atoms with Gasteiger partial charge in [0.25, 0.3) is 5.91 Å². The number of nitrogens with one attached hydrogen (secondary N) is 2. The molecule has 19 heavy (non-hydrogen) atoms. The summed E-state index contributed by atoms with van der Waals surface area (Å²) in [4.78, 5) is 14.0. The summed E-state index contributed by atoms with van der Waals surface area (Å²) < 4.78 is 26.4. The predicted molar refractivity (Wildman–Crippen MR) is 69.7 cm³/mol. The van der Waals surface area contributed by atoms with Crippen LogP contribution in [0.2, 0.25) is 0 Å². The summed E-state index contributed by atoms with van der Waals surface area (Å²) in [6, 6.07) is 1.29. The third kappa shape index (κ3) is 2.65. The normalized spacial score (nSPS) is 21.3. The van der Waals surface area contributed by atoms with Crippen LogP contribution in [0, 0.1) is 0 Å². The van der Waals surface area contributed by atoms with Crippen LogP contribution in [-0.2, 0) is 10.0 Å². The van der Waals surface area contributed by atoms with Gasteiger partial charge in [-0.25, -0.2) is 14.3 Å². The lowest BCUT2D eigenvalue weighted by Crippen LogP contribution is -2.41. The Morgan fingerprint density at radius 3 is 2.89 bits per heavy atom. The standard InChI is InChI=1S/C11H18N4O3S/c1-8-4-2-3-5-15(8)19(17,18)9-6-10(13-7-9)11(16)14-12/h6-8,13H,2-5,12H2,1H3,(H,14,16). The first-order chi connectivity index (χ1) is 8.96. The molecule has 1 aromatic rings. The molecule has 4 N–H and O–H groups in total. The number of sulfonamides is 1. The molecule has 106 valence electrons. The van der Waals surface area contributed by atoms with Crippen LogP contribution in [0.4, 0.5) is 0 Å². The monoisotopic (exact) mass is 286 g/mol. The molecule has 1 aliphatic heterocycles. The lowest BCUT2D eigenvalue weighted by molar-refractivity contribution is 0.0949. The van der Waals surface area contributed by atoms with Gasteiger partial charge in [-0.1, -0.05) is 6.42 Å². The van der Waals surface area contributed by atoms with E-state index in [0.29, 0.717) is 6.54 Å². The zero-order chi connectivity index (χ0) is 14.0. The Balaban J connectivity index is 2.28. The summed E-state index contributed by atoms with van der Waals surface area (Å²) >= 11 is 0. The summed E-state index contributed by atoms with van der Waals surface area (Å²) in [6.45, 7) is 2.42. The van der Waals surface area contributed by atoms with Gasteiger partial charge < -0.3 is 4.98 Å². The van der Waals surface area contributed by atoms with Crippen LogP contribution in [0.3, 0.4) is 0 Å². The van der Waals surface area contributed by atoms with E-state index in [2.05, 4.69) is 4.98 Å². The van der Waals surface area contributed by atoms with Crippen molar-refractivity contribution in [1.29, 1.82) is 0 Å². The smallest absolute Gasteiger partial charge is 0.281 e. The highest BCUT2D eigenvalue weighted by atomic mass is 32.2. The Hall–Kier alpha value is -1.38. The predicted octanol–water partition coefficient (Wildman–Crippen LogP) is 0.181. The van der Waals surface area contributed by atoms with Gasteiger partial charge >= 0.3 is 0 Å². The van der Waals surface area contributed by atoms with E-state index in [4.69, 9.17) is 5.84 Å². The molecule has 0 spiro atoms. The van der Waals surface area contributed by atoms with Gasteiger partial charge in [-0.05, 0) is 25.8 Å². The molecule has 1 aromatic heterocycles. The minimum atomic E-state index is -3.55. The maximum atomic E-state index is 12.5. The number of nitrogens with zero attached hydrogens (tertiary/aromatic N) is 1. The number of aromatic nitrogens is 1. The van der Waals surface area contributed by atoms with Gasteiger partial charge in [0.2, 0.25) is 10.0 Å². The maximum absolute atomic E-state index is 12.5. The van der Waals surface area contributed by atoms with E-state index in [1.165, 1.54) is 16.6 Å². The van der Waals surface area contributed by atoms with Crippen LogP contribution in [-0.4, -0.2) is 36.2 Å². The first-order valence-electron chi connectivity index (χ1n) is 6.18. The third-order valence-corrected chi connectivity index (χ3v) is 5.37. The molecule has 1 fully saturated rings. The Morgan fingerprint density at radius 2 is 2.26 bits per heavy atom. The number of rotatable bonds is 3. The lowest BCUT2D eigenvalue weighted by atomic mass is 10.1. The molecule has 2 rings (SSSR count). The highest BCUT2D eigenvalue weighted by molar-refractivity contribution is 7.89. The number of carbonyl (C=O) groups excluding carboxylic acids is 1. The van der Waals surface area contributed by atoms with E-state index < -0.39 is 15.9 Å². The summed E-state index contributed by atoms with van der Waals surface area (Å²) in [5, 5.41) is 0. The highest BCUT2D eigenvalue weighted by Gasteiger charge is 2.31. The van der Waals surface area contributed by atoms with Gasteiger partial charge in [-0.15, -0.1) is 0 Å². The van der Waals surface area contributed by atoms with Gasteiger partial charge in [0.15, 0.2) is 0 Å². The number of nitrogens with two attached hydrogens (primary N) is 1. The van der Waals surface area contributed by atoms with E-state index in [1.54, 1.807) is 0 Å². The summed E-state index contributed by atoms with van der Waals surface area (Å²) in [5.41, 5.74) is 2.09. The number of H-pyrrole nitrogens is 1. The molecule has 1 aliphatic rings.